The van der Waals surface area contributed by atoms with Crippen LogP contribution in [0.1, 0.15) is 31.7 Å². The van der Waals surface area contributed by atoms with Gasteiger partial charge in [0, 0.05) is 33.0 Å². The van der Waals surface area contributed by atoms with Gasteiger partial charge in [-0.15, -0.1) is 0 Å². The van der Waals surface area contributed by atoms with Crippen LogP contribution in [0.25, 0.3) is 0 Å². The van der Waals surface area contributed by atoms with E-state index in [0.29, 0.717) is 25.9 Å². The highest BCUT2D eigenvalue weighted by Gasteiger charge is 2.28. The van der Waals surface area contributed by atoms with Crippen LogP contribution in [0.15, 0.2) is 30.3 Å². The van der Waals surface area contributed by atoms with E-state index in [9.17, 15) is 14.4 Å². The van der Waals surface area contributed by atoms with Crippen molar-refractivity contribution in [3.05, 3.63) is 35.9 Å². The Morgan fingerprint density at radius 3 is 2.54 bits per heavy atom. The molecule has 6 heteroatoms. The van der Waals surface area contributed by atoms with E-state index in [1.807, 2.05) is 30.3 Å². The van der Waals surface area contributed by atoms with Gasteiger partial charge >= 0.3 is 6.09 Å². The molecule has 0 aromatic heterocycles. The van der Waals surface area contributed by atoms with Crippen molar-refractivity contribution in [2.75, 3.05) is 20.1 Å². The monoisotopic (exact) mass is 332 g/mol. The second-order valence-corrected chi connectivity index (χ2v) is 6.07. The summed E-state index contributed by atoms with van der Waals surface area (Å²) in [4.78, 5) is 38.6. The van der Waals surface area contributed by atoms with Gasteiger partial charge in [0.15, 0.2) is 0 Å². The molecule has 6 nitrogen and oxygen atoms in total. The van der Waals surface area contributed by atoms with Crippen LogP contribution >= 0.6 is 0 Å². The van der Waals surface area contributed by atoms with Gasteiger partial charge in [-0.1, -0.05) is 30.3 Å². The van der Waals surface area contributed by atoms with E-state index in [-0.39, 0.29) is 30.4 Å². The Kier molecular flexibility index (Phi) is 6.35. The standard InChI is InChI=1S/C18H24N2O4/c1-14(21)19(2)17(22)16-9-6-11-20(12-10-16)18(23)24-13-15-7-4-3-5-8-15/h3-5,7-8,16H,6,9-13H2,1-2H3. The van der Waals surface area contributed by atoms with Gasteiger partial charge < -0.3 is 9.64 Å². The highest BCUT2D eigenvalue weighted by molar-refractivity contribution is 5.94. The number of rotatable bonds is 3. The fraction of sp³-hybridized carbons (Fsp3) is 0.500. The summed E-state index contributed by atoms with van der Waals surface area (Å²) in [6, 6.07) is 9.52. The Hall–Kier alpha value is -2.37. The van der Waals surface area contributed by atoms with Crippen LogP contribution in [0.3, 0.4) is 0 Å². The summed E-state index contributed by atoms with van der Waals surface area (Å²) < 4.78 is 5.34. The molecule has 0 spiro atoms. The molecule has 0 N–H and O–H groups in total. The fourth-order valence-electron chi connectivity index (χ4n) is 2.77. The third-order valence-electron chi connectivity index (χ3n) is 4.34. The Morgan fingerprint density at radius 2 is 1.88 bits per heavy atom. The highest BCUT2D eigenvalue weighted by atomic mass is 16.6. The lowest BCUT2D eigenvalue weighted by Crippen LogP contribution is -2.37. The van der Waals surface area contributed by atoms with Gasteiger partial charge in [-0.3, -0.25) is 14.5 Å². The van der Waals surface area contributed by atoms with Crippen LogP contribution in [-0.2, 0) is 20.9 Å². The van der Waals surface area contributed by atoms with Crippen molar-refractivity contribution in [2.45, 2.75) is 32.8 Å². The highest BCUT2D eigenvalue weighted by Crippen LogP contribution is 2.20. The first-order chi connectivity index (χ1) is 11.5. The Morgan fingerprint density at radius 1 is 1.17 bits per heavy atom. The third-order valence-corrected chi connectivity index (χ3v) is 4.34. The predicted molar refractivity (Wildman–Crippen MR) is 89.0 cm³/mol. The van der Waals surface area contributed by atoms with Crippen molar-refractivity contribution < 1.29 is 19.1 Å². The first kappa shape index (κ1) is 18.0. The molecule has 1 unspecified atom stereocenters. The lowest BCUT2D eigenvalue weighted by Gasteiger charge is -2.21. The fourth-order valence-corrected chi connectivity index (χ4v) is 2.77. The maximum atomic E-state index is 12.2. The molecule has 1 aliphatic heterocycles. The first-order valence-electron chi connectivity index (χ1n) is 8.23. The van der Waals surface area contributed by atoms with Crippen molar-refractivity contribution in [3.63, 3.8) is 0 Å². The number of likely N-dealkylation sites (tertiary alicyclic amines) is 1. The van der Waals surface area contributed by atoms with E-state index in [1.165, 1.54) is 14.0 Å². The number of benzene rings is 1. The molecule has 0 bridgehead atoms. The van der Waals surface area contributed by atoms with E-state index >= 15 is 0 Å². The largest absolute Gasteiger partial charge is 0.445 e. The van der Waals surface area contributed by atoms with E-state index < -0.39 is 0 Å². The minimum Gasteiger partial charge on any atom is -0.445 e. The lowest BCUT2D eigenvalue weighted by atomic mass is 9.99. The van der Waals surface area contributed by atoms with Gasteiger partial charge in [-0.05, 0) is 24.8 Å². The molecule has 130 valence electrons. The number of nitrogens with zero attached hydrogens (tertiary/aromatic N) is 2. The number of hydrogen-bond acceptors (Lipinski definition) is 4. The summed E-state index contributed by atoms with van der Waals surface area (Å²) in [5, 5.41) is 0. The number of carbonyl (C=O) groups excluding carboxylic acids is 3. The summed E-state index contributed by atoms with van der Waals surface area (Å²) in [5.74, 6) is -0.642. The van der Waals surface area contributed by atoms with E-state index in [4.69, 9.17) is 4.74 Å². The Bertz CT molecular complexity index is 588. The molecule has 3 amide bonds. The molecule has 1 saturated heterocycles. The van der Waals surface area contributed by atoms with Crippen LogP contribution < -0.4 is 0 Å². The molecule has 24 heavy (non-hydrogen) atoms. The van der Waals surface area contributed by atoms with Crippen molar-refractivity contribution in [1.29, 1.82) is 0 Å². The Balaban J connectivity index is 1.85. The predicted octanol–water partition coefficient (Wildman–Crippen LogP) is 2.43. The van der Waals surface area contributed by atoms with Gasteiger partial charge in [0.2, 0.25) is 11.8 Å². The average molecular weight is 332 g/mol. The molecule has 1 fully saturated rings. The normalized spacial score (nSPS) is 17.8. The number of amides is 3. The van der Waals surface area contributed by atoms with Crippen molar-refractivity contribution in [2.24, 2.45) is 5.92 Å². The van der Waals surface area contributed by atoms with Crippen LogP contribution in [0.2, 0.25) is 0 Å². The summed E-state index contributed by atoms with van der Waals surface area (Å²) >= 11 is 0. The van der Waals surface area contributed by atoms with Gasteiger partial charge in [-0.25, -0.2) is 4.79 Å². The Labute approximate surface area is 142 Å². The van der Waals surface area contributed by atoms with Crippen LogP contribution in [0.4, 0.5) is 4.79 Å². The molecule has 1 aliphatic rings. The number of imide groups is 1. The van der Waals surface area contributed by atoms with Gasteiger partial charge in [0.1, 0.15) is 6.61 Å². The zero-order valence-corrected chi connectivity index (χ0v) is 14.2. The summed E-state index contributed by atoms with van der Waals surface area (Å²) in [6.07, 6.45) is 1.60. The van der Waals surface area contributed by atoms with E-state index in [2.05, 4.69) is 0 Å². The molecular formula is C18H24N2O4. The summed E-state index contributed by atoms with van der Waals surface area (Å²) in [5.41, 5.74) is 0.941. The minimum absolute atomic E-state index is 0.165. The molecule has 1 aromatic rings. The number of carbonyl (C=O) groups is 3. The van der Waals surface area contributed by atoms with Gasteiger partial charge in [0.05, 0.1) is 0 Å². The average Bonchev–Trinajstić information content (AvgIpc) is 2.85. The topological polar surface area (TPSA) is 66.9 Å². The minimum atomic E-state index is -0.355. The second kappa shape index (κ2) is 8.47. The van der Waals surface area contributed by atoms with Gasteiger partial charge in [-0.2, -0.15) is 0 Å². The van der Waals surface area contributed by atoms with Crippen LogP contribution in [-0.4, -0.2) is 47.8 Å². The van der Waals surface area contributed by atoms with Crippen LogP contribution in [0, 0.1) is 5.92 Å². The maximum absolute atomic E-state index is 12.2. The second-order valence-electron chi connectivity index (χ2n) is 6.07. The molecular weight excluding hydrogens is 308 g/mol. The first-order valence-corrected chi connectivity index (χ1v) is 8.23. The molecule has 1 aromatic carbocycles. The zero-order valence-electron chi connectivity index (χ0n) is 14.2. The molecule has 1 atom stereocenters. The summed E-state index contributed by atoms with van der Waals surface area (Å²) in [7, 11) is 1.50. The third kappa shape index (κ3) is 4.81. The molecule has 0 aliphatic carbocycles. The molecule has 1 heterocycles. The zero-order chi connectivity index (χ0) is 17.5. The van der Waals surface area contributed by atoms with Crippen molar-refractivity contribution in [3.8, 4) is 0 Å². The van der Waals surface area contributed by atoms with Gasteiger partial charge in [0.25, 0.3) is 0 Å². The smallest absolute Gasteiger partial charge is 0.410 e. The van der Waals surface area contributed by atoms with Crippen molar-refractivity contribution in [1.82, 2.24) is 9.80 Å². The number of ether oxygens (including phenoxy) is 1. The summed E-state index contributed by atoms with van der Waals surface area (Å²) in [6.45, 7) is 2.66. The molecule has 0 radical (unpaired) electrons. The SMILES string of the molecule is CC(=O)N(C)C(=O)C1CCCN(C(=O)OCc2ccccc2)CC1. The van der Waals surface area contributed by atoms with E-state index in [1.54, 1.807) is 4.90 Å². The maximum Gasteiger partial charge on any atom is 0.410 e. The molecule has 2 rings (SSSR count). The molecule has 0 saturated carbocycles. The van der Waals surface area contributed by atoms with Crippen molar-refractivity contribution >= 4 is 17.9 Å². The quantitative estimate of drug-likeness (QED) is 0.852. The van der Waals surface area contributed by atoms with E-state index in [0.717, 1.165) is 16.9 Å². The van der Waals surface area contributed by atoms with Crippen LogP contribution in [0.5, 0.6) is 0 Å². The lowest BCUT2D eigenvalue weighted by molar-refractivity contribution is -0.144. The number of hydrogen-bond donors (Lipinski definition) is 0.